The van der Waals surface area contributed by atoms with Crippen LogP contribution in [0.1, 0.15) is 17.0 Å². The zero-order valence-electron chi connectivity index (χ0n) is 10.6. The summed E-state index contributed by atoms with van der Waals surface area (Å²) in [5.41, 5.74) is 0.178. The summed E-state index contributed by atoms with van der Waals surface area (Å²) in [7, 11) is 0. The Labute approximate surface area is 133 Å². The van der Waals surface area contributed by atoms with Gasteiger partial charge in [-0.3, -0.25) is 4.79 Å². The lowest BCUT2D eigenvalue weighted by molar-refractivity contribution is -0.138. The van der Waals surface area contributed by atoms with E-state index in [1.54, 1.807) is 12.1 Å². The van der Waals surface area contributed by atoms with Crippen LogP contribution in [0, 0.1) is 11.6 Å². The topological polar surface area (TPSA) is 37.3 Å². The molecule has 110 valence electrons. The quantitative estimate of drug-likeness (QED) is 0.780. The van der Waals surface area contributed by atoms with Gasteiger partial charge in [0, 0.05) is 10.6 Å². The summed E-state index contributed by atoms with van der Waals surface area (Å²) in [5.74, 6) is -3.76. The lowest BCUT2D eigenvalue weighted by atomic mass is 9.91. The third-order valence-corrected chi connectivity index (χ3v) is 3.98. The molecule has 1 unspecified atom stereocenters. The number of carboxylic acids is 1. The van der Waals surface area contributed by atoms with Crippen molar-refractivity contribution in [3.05, 3.63) is 68.7 Å². The second-order valence-corrected chi connectivity index (χ2v) is 5.76. The van der Waals surface area contributed by atoms with Crippen molar-refractivity contribution in [3.63, 3.8) is 0 Å². The van der Waals surface area contributed by atoms with E-state index < -0.39 is 23.5 Å². The van der Waals surface area contributed by atoms with E-state index in [0.29, 0.717) is 10.6 Å². The maximum Gasteiger partial charge on any atom is 0.311 e. The third-order valence-electron chi connectivity index (χ3n) is 3.12. The molecule has 1 N–H and O–H groups in total. The fourth-order valence-electron chi connectivity index (χ4n) is 2.00. The van der Waals surface area contributed by atoms with Crippen LogP contribution in [0.15, 0.2) is 40.9 Å². The molecule has 0 fully saturated rings. The molecule has 6 heteroatoms. The Morgan fingerprint density at radius 2 is 1.81 bits per heavy atom. The molecule has 0 saturated heterocycles. The first kappa shape index (κ1) is 15.9. The van der Waals surface area contributed by atoms with Crippen LogP contribution in [-0.2, 0) is 11.2 Å². The Hall–Kier alpha value is -1.46. The van der Waals surface area contributed by atoms with Crippen molar-refractivity contribution >= 4 is 33.5 Å². The number of rotatable bonds is 4. The summed E-state index contributed by atoms with van der Waals surface area (Å²) in [6.07, 6.45) is -0.284. The molecule has 0 aromatic heterocycles. The van der Waals surface area contributed by atoms with E-state index in [2.05, 4.69) is 15.9 Å². The van der Waals surface area contributed by atoms with Crippen molar-refractivity contribution < 1.29 is 18.7 Å². The van der Waals surface area contributed by atoms with Crippen LogP contribution in [0.3, 0.4) is 0 Å². The van der Waals surface area contributed by atoms with Crippen LogP contribution in [-0.4, -0.2) is 11.1 Å². The molecular weight excluding hydrogens is 366 g/mol. The van der Waals surface area contributed by atoms with Gasteiger partial charge in [-0.25, -0.2) is 8.78 Å². The number of benzene rings is 2. The summed E-state index contributed by atoms with van der Waals surface area (Å²) >= 11 is 8.72. The van der Waals surface area contributed by atoms with Gasteiger partial charge in [0.05, 0.1) is 10.4 Å². The zero-order chi connectivity index (χ0) is 15.6. The minimum atomic E-state index is -1.16. The monoisotopic (exact) mass is 374 g/mol. The molecule has 0 heterocycles. The lowest BCUT2D eigenvalue weighted by Gasteiger charge is -2.14. The van der Waals surface area contributed by atoms with E-state index in [-0.39, 0.29) is 16.5 Å². The van der Waals surface area contributed by atoms with Gasteiger partial charge in [-0.2, -0.15) is 0 Å². The Bertz CT molecular complexity index is 674. The van der Waals surface area contributed by atoms with E-state index in [0.717, 1.165) is 6.07 Å². The average Bonchev–Trinajstić information content (AvgIpc) is 2.44. The highest BCUT2D eigenvalue weighted by atomic mass is 79.9. The first-order valence-electron chi connectivity index (χ1n) is 6.00. The van der Waals surface area contributed by atoms with Crippen LogP contribution in [0.2, 0.25) is 5.02 Å². The molecule has 2 aromatic carbocycles. The van der Waals surface area contributed by atoms with Crippen molar-refractivity contribution in [1.82, 2.24) is 0 Å². The van der Waals surface area contributed by atoms with E-state index in [4.69, 9.17) is 11.6 Å². The Kier molecular flexibility index (Phi) is 4.96. The molecule has 2 rings (SSSR count). The van der Waals surface area contributed by atoms with Crippen LogP contribution in [0.5, 0.6) is 0 Å². The SMILES string of the molecule is O=C(O)C(Cc1c(F)ccc(Br)c1F)c1ccc(Cl)cc1. The van der Waals surface area contributed by atoms with Gasteiger partial charge in [-0.05, 0) is 52.2 Å². The standard InChI is InChI=1S/C15H10BrClF2O2/c16-12-5-6-13(18)11(14(12)19)7-10(15(20)21)8-1-3-9(17)4-2-8/h1-6,10H,7H2,(H,20,21). The molecule has 2 aromatic rings. The van der Waals surface area contributed by atoms with E-state index in [1.165, 1.54) is 18.2 Å². The molecule has 0 aliphatic rings. The van der Waals surface area contributed by atoms with Crippen molar-refractivity contribution in [1.29, 1.82) is 0 Å². The van der Waals surface area contributed by atoms with E-state index >= 15 is 0 Å². The summed E-state index contributed by atoms with van der Waals surface area (Å²) in [4.78, 5) is 11.4. The molecule has 0 aliphatic heterocycles. The van der Waals surface area contributed by atoms with Crippen LogP contribution >= 0.6 is 27.5 Å². The van der Waals surface area contributed by atoms with Gasteiger partial charge in [-0.1, -0.05) is 23.7 Å². The van der Waals surface area contributed by atoms with E-state index in [1.807, 2.05) is 0 Å². The minimum absolute atomic E-state index is 0.0964. The third kappa shape index (κ3) is 3.60. The molecule has 1 atom stereocenters. The van der Waals surface area contributed by atoms with Gasteiger partial charge in [0.1, 0.15) is 11.6 Å². The van der Waals surface area contributed by atoms with Gasteiger partial charge in [0.15, 0.2) is 0 Å². The first-order chi connectivity index (χ1) is 9.90. The minimum Gasteiger partial charge on any atom is -0.481 e. The fourth-order valence-corrected chi connectivity index (χ4v) is 2.50. The van der Waals surface area contributed by atoms with Gasteiger partial charge in [0.2, 0.25) is 0 Å². The Morgan fingerprint density at radius 3 is 2.38 bits per heavy atom. The molecule has 0 spiro atoms. The maximum absolute atomic E-state index is 14.0. The normalized spacial score (nSPS) is 12.2. The number of hydrogen-bond donors (Lipinski definition) is 1. The van der Waals surface area contributed by atoms with Gasteiger partial charge in [-0.15, -0.1) is 0 Å². The van der Waals surface area contributed by atoms with Crippen LogP contribution in [0.4, 0.5) is 8.78 Å². The lowest BCUT2D eigenvalue weighted by Crippen LogP contribution is -2.16. The highest BCUT2D eigenvalue weighted by molar-refractivity contribution is 9.10. The summed E-state index contributed by atoms with van der Waals surface area (Å²) < 4.78 is 27.8. The van der Waals surface area contributed by atoms with Gasteiger partial charge >= 0.3 is 5.97 Å². The highest BCUT2D eigenvalue weighted by Crippen LogP contribution is 2.28. The number of carbonyl (C=O) groups is 1. The average molecular weight is 376 g/mol. The van der Waals surface area contributed by atoms with Crippen molar-refractivity contribution in [2.24, 2.45) is 0 Å². The molecular formula is C15H10BrClF2O2. The second-order valence-electron chi connectivity index (χ2n) is 4.47. The fraction of sp³-hybridized carbons (Fsp3) is 0.133. The van der Waals surface area contributed by atoms with Crippen LogP contribution in [0.25, 0.3) is 0 Å². The summed E-state index contributed by atoms with van der Waals surface area (Å²) in [6, 6.07) is 8.50. The zero-order valence-corrected chi connectivity index (χ0v) is 13.0. The first-order valence-corrected chi connectivity index (χ1v) is 7.18. The number of hydrogen-bond acceptors (Lipinski definition) is 1. The predicted octanol–water partition coefficient (Wildman–Crippen LogP) is 4.79. The van der Waals surface area contributed by atoms with Crippen molar-refractivity contribution in [3.8, 4) is 0 Å². The number of carboxylic acid groups (broad SMARTS) is 1. The summed E-state index contributed by atoms with van der Waals surface area (Å²) in [6.45, 7) is 0. The predicted molar refractivity (Wildman–Crippen MR) is 79.6 cm³/mol. The van der Waals surface area contributed by atoms with Gasteiger partial charge in [0.25, 0.3) is 0 Å². The highest BCUT2D eigenvalue weighted by Gasteiger charge is 2.24. The summed E-state index contributed by atoms with van der Waals surface area (Å²) in [5, 5.41) is 9.78. The van der Waals surface area contributed by atoms with Crippen molar-refractivity contribution in [2.75, 3.05) is 0 Å². The Morgan fingerprint density at radius 1 is 1.19 bits per heavy atom. The molecule has 0 radical (unpaired) electrons. The number of halogens is 4. The molecule has 0 saturated carbocycles. The molecule has 0 aliphatic carbocycles. The molecule has 0 bridgehead atoms. The molecule has 21 heavy (non-hydrogen) atoms. The largest absolute Gasteiger partial charge is 0.481 e. The molecule has 0 amide bonds. The second kappa shape index (κ2) is 6.54. The Balaban J connectivity index is 2.40. The van der Waals surface area contributed by atoms with Crippen LogP contribution < -0.4 is 0 Å². The van der Waals surface area contributed by atoms with Crippen molar-refractivity contribution in [2.45, 2.75) is 12.3 Å². The molecule has 2 nitrogen and oxygen atoms in total. The van der Waals surface area contributed by atoms with E-state index in [9.17, 15) is 18.7 Å². The van der Waals surface area contributed by atoms with Gasteiger partial charge < -0.3 is 5.11 Å². The maximum atomic E-state index is 14.0. The number of aliphatic carboxylic acids is 1. The smallest absolute Gasteiger partial charge is 0.311 e.